The van der Waals surface area contributed by atoms with Gasteiger partial charge < -0.3 is 15.1 Å². The molecule has 5 nitrogen and oxygen atoms in total. The Kier molecular flexibility index (Phi) is 4.11. The molecule has 2 amide bonds. The van der Waals surface area contributed by atoms with E-state index in [2.05, 4.69) is 13.0 Å². The molecule has 0 spiro atoms. The van der Waals surface area contributed by atoms with Crippen LogP contribution in [0.5, 0.6) is 0 Å². The zero-order chi connectivity index (χ0) is 16.6. The predicted octanol–water partition coefficient (Wildman–Crippen LogP) is 2.32. The van der Waals surface area contributed by atoms with Crippen molar-refractivity contribution in [1.82, 2.24) is 4.90 Å². The third-order valence-electron chi connectivity index (χ3n) is 4.79. The fourth-order valence-electron chi connectivity index (χ4n) is 3.18. The van der Waals surface area contributed by atoms with Crippen molar-refractivity contribution in [3.8, 4) is 0 Å². The molecule has 0 aliphatic carbocycles. The van der Waals surface area contributed by atoms with Crippen LogP contribution in [0.15, 0.2) is 22.8 Å². The second kappa shape index (κ2) is 6.07. The molecule has 1 aliphatic rings. The lowest BCUT2D eigenvalue weighted by Crippen LogP contribution is -2.44. The molecule has 2 heterocycles. The van der Waals surface area contributed by atoms with E-state index in [4.69, 9.17) is 10.2 Å². The van der Waals surface area contributed by atoms with E-state index in [1.807, 2.05) is 13.0 Å². The van der Waals surface area contributed by atoms with Gasteiger partial charge in [-0.3, -0.25) is 9.59 Å². The van der Waals surface area contributed by atoms with Gasteiger partial charge in [-0.25, -0.2) is 0 Å². The van der Waals surface area contributed by atoms with Gasteiger partial charge in [-0.15, -0.1) is 0 Å². The summed E-state index contributed by atoms with van der Waals surface area (Å²) in [6.07, 6.45) is 3.55. The van der Waals surface area contributed by atoms with Gasteiger partial charge in [-0.05, 0) is 49.9 Å². The molecule has 0 bridgehead atoms. The van der Waals surface area contributed by atoms with Gasteiger partial charge in [0.15, 0.2) is 0 Å². The summed E-state index contributed by atoms with van der Waals surface area (Å²) in [6, 6.07) is 4.07. The van der Waals surface area contributed by atoms with Crippen LogP contribution in [0, 0.1) is 19.8 Å². The minimum absolute atomic E-state index is 0.0249. The van der Waals surface area contributed by atoms with E-state index >= 15 is 0 Å². The number of amides is 2. The van der Waals surface area contributed by atoms with Crippen molar-refractivity contribution in [1.29, 1.82) is 0 Å². The number of hydrogen-bond acceptors (Lipinski definition) is 3. The Balaban J connectivity index is 1.78. The zero-order valence-electron chi connectivity index (χ0n) is 13.6. The average Bonchev–Trinajstić information content (AvgIpc) is 2.90. The quantitative estimate of drug-likeness (QED) is 0.944. The van der Waals surface area contributed by atoms with Crippen molar-refractivity contribution in [2.45, 2.75) is 33.1 Å². The molecule has 0 saturated carbocycles. The van der Waals surface area contributed by atoms with Gasteiger partial charge in [0.25, 0.3) is 0 Å². The monoisotopic (exact) mass is 314 g/mol. The predicted molar refractivity (Wildman–Crippen MR) is 87.9 cm³/mol. The number of nitrogens with zero attached hydrogens (tertiary/aromatic N) is 1. The number of primary amides is 1. The van der Waals surface area contributed by atoms with Crippen LogP contribution in [0.1, 0.15) is 29.5 Å². The van der Waals surface area contributed by atoms with Crippen molar-refractivity contribution in [2.24, 2.45) is 11.7 Å². The summed E-state index contributed by atoms with van der Waals surface area (Å²) in [4.78, 5) is 25.7. The molecule has 1 saturated heterocycles. The summed E-state index contributed by atoms with van der Waals surface area (Å²) >= 11 is 0. The number of fused-ring (bicyclic) bond motifs is 1. The van der Waals surface area contributed by atoms with Gasteiger partial charge in [-0.2, -0.15) is 0 Å². The number of piperidine rings is 1. The molecule has 1 unspecified atom stereocenters. The Bertz CT molecular complexity index is 763. The van der Waals surface area contributed by atoms with Crippen LogP contribution in [0.4, 0.5) is 0 Å². The molecule has 1 aromatic carbocycles. The second-order valence-electron chi connectivity index (χ2n) is 6.45. The largest absolute Gasteiger partial charge is 0.464 e. The van der Waals surface area contributed by atoms with Crippen molar-refractivity contribution in [3.63, 3.8) is 0 Å². The first-order valence-electron chi connectivity index (χ1n) is 8.00. The first-order chi connectivity index (χ1) is 11.0. The smallest absolute Gasteiger partial charge is 0.227 e. The minimum Gasteiger partial charge on any atom is -0.464 e. The van der Waals surface area contributed by atoms with Gasteiger partial charge >= 0.3 is 0 Å². The lowest BCUT2D eigenvalue weighted by atomic mass is 9.96. The van der Waals surface area contributed by atoms with E-state index in [0.717, 1.165) is 29.4 Å². The number of furan rings is 1. The molecular weight excluding hydrogens is 292 g/mol. The van der Waals surface area contributed by atoms with E-state index in [0.29, 0.717) is 19.5 Å². The fourth-order valence-corrected chi connectivity index (χ4v) is 3.18. The molecule has 2 aromatic rings. The fraction of sp³-hybridized carbons (Fsp3) is 0.444. The van der Waals surface area contributed by atoms with Crippen LogP contribution in [0.2, 0.25) is 0 Å². The van der Waals surface area contributed by atoms with Gasteiger partial charge in [0, 0.05) is 24.0 Å². The Morgan fingerprint density at radius 3 is 2.78 bits per heavy atom. The number of hydrogen-bond donors (Lipinski definition) is 1. The third kappa shape index (κ3) is 3.09. The third-order valence-corrected chi connectivity index (χ3v) is 4.79. The molecule has 23 heavy (non-hydrogen) atoms. The van der Waals surface area contributed by atoms with Crippen molar-refractivity contribution in [2.75, 3.05) is 13.1 Å². The molecule has 1 fully saturated rings. The van der Waals surface area contributed by atoms with E-state index in [1.165, 1.54) is 11.1 Å². The molecule has 0 radical (unpaired) electrons. The summed E-state index contributed by atoms with van der Waals surface area (Å²) in [7, 11) is 0. The highest BCUT2D eigenvalue weighted by molar-refractivity contribution is 5.89. The van der Waals surface area contributed by atoms with Gasteiger partial charge in [0.05, 0.1) is 18.6 Å². The van der Waals surface area contributed by atoms with E-state index in [1.54, 1.807) is 11.2 Å². The van der Waals surface area contributed by atoms with Crippen LogP contribution in [0.3, 0.4) is 0 Å². The molecule has 3 rings (SSSR count). The van der Waals surface area contributed by atoms with E-state index in [9.17, 15) is 9.59 Å². The maximum atomic E-state index is 12.6. The summed E-state index contributed by atoms with van der Waals surface area (Å²) < 4.78 is 5.59. The number of carbonyl (C=O) groups excluding carboxylic acids is 2. The highest BCUT2D eigenvalue weighted by Gasteiger charge is 2.27. The van der Waals surface area contributed by atoms with E-state index in [-0.39, 0.29) is 17.7 Å². The van der Waals surface area contributed by atoms with E-state index < -0.39 is 0 Å². The van der Waals surface area contributed by atoms with Gasteiger partial charge in [0.1, 0.15) is 5.58 Å². The van der Waals surface area contributed by atoms with Gasteiger partial charge in [0.2, 0.25) is 11.8 Å². The maximum absolute atomic E-state index is 12.6. The Labute approximate surface area is 135 Å². The van der Waals surface area contributed by atoms with Crippen molar-refractivity contribution < 1.29 is 14.0 Å². The maximum Gasteiger partial charge on any atom is 0.227 e. The summed E-state index contributed by atoms with van der Waals surface area (Å²) in [5, 5.41) is 0.991. The molecule has 122 valence electrons. The van der Waals surface area contributed by atoms with Crippen LogP contribution < -0.4 is 5.73 Å². The standard InChI is InChI=1S/C18H22N2O3/c1-11-6-15-14(10-23-16(15)7-12(11)2)8-17(21)20-5-3-4-13(9-20)18(19)22/h6-7,10,13H,3-5,8-9H2,1-2H3,(H2,19,22). The molecule has 5 heteroatoms. The molecule has 1 aliphatic heterocycles. The normalized spacial score (nSPS) is 18.3. The van der Waals surface area contributed by atoms with Gasteiger partial charge in [-0.1, -0.05) is 0 Å². The van der Waals surface area contributed by atoms with Crippen LogP contribution in [-0.2, 0) is 16.0 Å². The highest BCUT2D eigenvalue weighted by Crippen LogP contribution is 2.26. The number of nitrogens with two attached hydrogens (primary N) is 1. The SMILES string of the molecule is Cc1cc2occ(CC(=O)N3CCCC(C(N)=O)C3)c2cc1C. The van der Waals surface area contributed by atoms with Crippen LogP contribution in [-0.4, -0.2) is 29.8 Å². The Morgan fingerprint density at radius 2 is 2.04 bits per heavy atom. The number of carbonyl (C=O) groups is 2. The summed E-state index contributed by atoms with van der Waals surface area (Å²) in [6.45, 7) is 5.22. The Morgan fingerprint density at radius 1 is 1.30 bits per heavy atom. The van der Waals surface area contributed by atoms with Crippen molar-refractivity contribution >= 4 is 22.8 Å². The van der Waals surface area contributed by atoms with Crippen molar-refractivity contribution in [3.05, 3.63) is 35.1 Å². The molecule has 1 atom stereocenters. The molecule has 1 aromatic heterocycles. The second-order valence-corrected chi connectivity index (χ2v) is 6.45. The molecule has 2 N–H and O–H groups in total. The topological polar surface area (TPSA) is 76.5 Å². The van der Waals surface area contributed by atoms with Crippen LogP contribution in [0.25, 0.3) is 11.0 Å². The lowest BCUT2D eigenvalue weighted by molar-refractivity contribution is -0.134. The zero-order valence-corrected chi connectivity index (χ0v) is 13.6. The number of aryl methyl sites for hydroxylation is 2. The lowest BCUT2D eigenvalue weighted by Gasteiger charge is -2.31. The molecular formula is C18H22N2O3. The summed E-state index contributed by atoms with van der Waals surface area (Å²) in [5.74, 6) is -0.516. The first-order valence-corrected chi connectivity index (χ1v) is 8.00. The number of likely N-dealkylation sites (tertiary alicyclic amines) is 1. The highest BCUT2D eigenvalue weighted by atomic mass is 16.3. The first kappa shape index (κ1) is 15.6. The number of benzene rings is 1. The minimum atomic E-state index is -0.317. The van der Waals surface area contributed by atoms with Crippen LogP contribution >= 0.6 is 0 Å². The average molecular weight is 314 g/mol. The number of rotatable bonds is 3. The summed E-state index contributed by atoms with van der Waals surface area (Å²) in [5.41, 5.74) is 9.44. The Hall–Kier alpha value is -2.30.